The van der Waals surface area contributed by atoms with Gasteiger partial charge < -0.3 is 14.5 Å². The van der Waals surface area contributed by atoms with Gasteiger partial charge in [-0.3, -0.25) is 4.90 Å². The van der Waals surface area contributed by atoms with Crippen molar-refractivity contribution in [3.63, 3.8) is 0 Å². The van der Waals surface area contributed by atoms with Gasteiger partial charge >= 0.3 is 0 Å². The third-order valence-electron chi connectivity index (χ3n) is 3.28. The molecule has 1 aromatic heterocycles. The van der Waals surface area contributed by atoms with Crippen LogP contribution in [0.5, 0.6) is 0 Å². The lowest BCUT2D eigenvalue weighted by atomic mass is 9.99. The standard InChI is InChI=1S/C15H26N2O2/c1-14(2)11-17(12-15(3,4)19-14)7-6-16-9-13-5-8-18-10-13/h5,8,10,16H,6-7,9,11-12H2,1-4H3. The molecule has 0 unspecified atom stereocenters. The summed E-state index contributed by atoms with van der Waals surface area (Å²) in [7, 11) is 0. The predicted molar refractivity (Wildman–Crippen MR) is 76.1 cm³/mol. The molecule has 1 saturated heterocycles. The van der Waals surface area contributed by atoms with E-state index in [0.717, 1.165) is 32.7 Å². The SMILES string of the molecule is CC1(C)CN(CCNCc2ccoc2)CC(C)(C)O1. The molecule has 1 N–H and O–H groups in total. The first kappa shape index (κ1) is 14.6. The summed E-state index contributed by atoms with van der Waals surface area (Å²) in [6.45, 7) is 13.5. The number of nitrogens with zero attached hydrogens (tertiary/aromatic N) is 1. The Balaban J connectivity index is 1.73. The molecule has 19 heavy (non-hydrogen) atoms. The van der Waals surface area contributed by atoms with Crippen molar-refractivity contribution in [2.45, 2.75) is 45.4 Å². The Morgan fingerprint density at radius 3 is 2.47 bits per heavy atom. The second-order valence-electron chi connectivity index (χ2n) is 6.64. The van der Waals surface area contributed by atoms with E-state index in [1.54, 1.807) is 12.5 Å². The van der Waals surface area contributed by atoms with Gasteiger partial charge in [0.05, 0.1) is 23.7 Å². The average Bonchev–Trinajstić information content (AvgIpc) is 2.72. The zero-order chi connectivity index (χ0) is 13.9. The second-order valence-corrected chi connectivity index (χ2v) is 6.64. The molecule has 0 amide bonds. The summed E-state index contributed by atoms with van der Waals surface area (Å²) in [4.78, 5) is 2.48. The van der Waals surface area contributed by atoms with E-state index in [2.05, 4.69) is 37.9 Å². The largest absolute Gasteiger partial charge is 0.472 e. The van der Waals surface area contributed by atoms with E-state index < -0.39 is 0 Å². The monoisotopic (exact) mass is 266 g/mol. The van der Waals surface area contributed by atoms with Crippen molar-refractivity contribution in [3.05, 3.63) is 24.2 Å². The molecule has 1 aromatic rings. The Kier molecular flexibility index (Phi) is 4.33. The number of morpholine rings is 1. The summed E-state index contributed by atoms with van der Waals surface area (Å²) in [6, 6.07) is 1.99. The van der Waals surface area contributed by atoms with Crippen molar-refractivity contribution in [2.24, 2.45) is 0 Å². The highest BCUT2D eigenvalue weighted by Gasteiger charge is 2.37. The Hall–Kier alpha value is -0.840. The highest BCUT2D eigenvalue weighted by atomic mass is 16.5. The van der Waals surface area contributed by atoms with E-state index in [9.17, 15) is 0 Å². The molecule has 0 aromatic carbocycles. The quantitative estimate of drug-likeness (QED) is 0.830. The molecular weight excluding hydrogens is 240 g/mol. The summed E-state index contributed by atoms with van der Waals surface area (Å²) < 4.78 is 11.1. The molecule has 0 aliphatic carbocycles. The number of nitrogens with one attached hydrogen (secondary N) is 1. The van der Waals surface area contributed by atoms with Gasteiger partial charge in [0.25, 0.3) is 0 Å². The van der Waals surface area contributed by atoms with Gasteiger partial charge in [-0.1, -0.05) is 0 Å². The average molecular weight is 266 g/mol. The molecule has 1 aliphatic heterocycles. The van der Waals surface area contributed by atoms with Crippen LogP contribution in [0, 0.1) is 0 Å². The van der Waals surface area contributed by atoms with Crippen LogP contribution in [0.4, 0.5) is 0 Å². The van der Waals surface area contributed by atoms with Crippen molar-refractivity contribution < 1.29 is 9.15 Å². The van der Waals surface area contributed by atoms with Crippen molar-refractivity contribution in [2.75, 3.05) is 26.2 Å². The highest BCUT2D eigenvalue weighted by molar-refractivity contribution is 5.04. The van der Waals surface area contributed by atoms with Gasteiger partial charge in [0.2, 0.25) is 0 Å². The normalized spacial score (nSPS) is 22.5. The molecule has 2 rings (SSSR count). The van der Waals surface area contributed by atoms with E-state index >= 15 is 0 Å². The summed E-state index contributed by atoms with van der Waals surface area (Å²) in [5, 5.41) is 3.45. The van der Waals surface area contributed by atoms with Gasteiger partial charge in [-0.15, -0.1) is 0 Å². The predicted octanol–water partition coefficient (Wildman–Crippen LogP) is 2.26. The second kappa shape index (κ2) is 5.65. The van der Waals surface area contributed by atoms with Gasteiger partial charge in [-0.05, 0) is 33.8 Å². The van der Waals surface area contributed by atoms with Crippen LogP contribution in [0.15, 0.2) is 23.0 Å². The van der Waals surface area contributed by atoms with E-state index in [1.807, 2.05) is 6.07 Å². The van der Waals surface area contributed by atoms with Gasteiger partial charge in [0, 0.05) is 38.3 Å². The maximum atomic E-state index is 6.08. The van der Waals surface area contributed by atoms with Crippen LogP contribution in [0.1, 0.15) is 33.3 Å². The Morgan fingerprint density at radius 2 is 1.89 bits per heavy atom. The minimum atomic E-state index is -0.0632. The lowest BCUT2D eigenvalue weighted by Crippen LogP contribution is -2.58. The minimum absolute atomic E-state index is 0.0632. The maximum absolute atomic E-state index is 6.08. The molecule has 0 radical (unpaired) electrons. The summed E-state index contributed by atoms with van der Waals surface area (Å²) >= 11 is 0. The molecule has 4 heteroatoms. The fourth-order valence-electron chi connectivity index (χ4n) is 2.97. The van der Waals surface area contributed by atoms with E-state index in [1.165, 1.54) is 5.56 Å². The molecule has 0 saturated carbocycles. The number of ether oxygens (including phenoxy) is 1. The van der Waals surface area contributed by atoms with Gasteiger partial charge in [-0.2, -0.15) is 0 Å². The zero-order valence-corrected chi connectivity index (χ0v) is 12.5. The molecule has 2 heterocycles. The fraction of sp³-hybridized carbons (Fsp3) is 0.733. The highest BCUT2D eigenvalue weighted by Crippen LogP contribution is 2.27. The Morgan fingerprint density at radius 1 is 1.21 bits per heavy atom. The fourth-order valence-corrected chi connectivity index (χ4v) is 2.97. The van der Waals surface area contributed by atoms with Crippen LogP contribution >= 0.6 is 0 Å². The number of hydrogen-bond acceptors (Lipinski definition) is 4. The van der Waals surface area contributed by atoms with Crippen LogP contribution in [-0.4, -0.2) is 42.3 Å². The first-order chi connectivity index (χ1) is 8.86. The first-order valence-electron chi connectivity index (χ1n) is 7.01. The number of furan rings is 1. The lowest BCUT2D eigenvalue weighted by molar-refractivity contribution is -0.180. The van der Waals surface area contributed by atoms with Crippen LogP contribution in [-0.2, 0) is 11.3 Å². The van der Waals surface area contributed by atoms with Gasteiger partial charge in [0.1, 0.15) is 0 Å². The van der Waals surface area contributed by atoms with E-state index in [4.69, 9.17) is 9.15 Å². The first-order valence-corrected chi connectivity index (χ1v) is 7.01. The maximum Gasteiger partial charge on any atom is 0.0947 e. The zero-order valence-electron chi connectivity index (χ0n) is 12.5. The van der Waals surface area contributed by atoms with Crippen LogP contribution in [0.2, 0.25) is 0 Å². The van der Waals surface area contributed by atoms with Crippen molar-refractivity contribution in [3.8, 4) is 0 Å². The minimum Gasteiger partial charge on any atom is -0.472 e. The molecule has 0 atom stereocenters. The molecular formula is C15H26N2O2. The third kappa shape index (κ3) is 4.64. The third-order valence-corrected chi connectivity index (χ3v) is 3.28. The van der Waals surface area contributed by atoms with Crippen molar-refractivity contribution in [1.29, 1.82) is 0 Å². The molecule has 0 spiro atoms. The lowest BCUT2D eigenvalue weighted by Gasteiger charge is -2.47. The van der Waals surface area contributed by atoms with Gasteiger partial charge in [-0.25, -0.2) is 0 Å². The van der Waals surface area contributed by atoms with E-state index in [-0.39, 0.29) is 11.2 Å². The van der Waals surface area contributed by atoms with Crippen molar-refractivity contribution >= 4 is 0 Å². The molecule has 1 fully saturated rings. The topological polar surface area (TPSA) is 37.6 Å². The van der Waals surface area contributed by atoms with Crippen LogP contribution in [0.3, 0.4) is 0 Å². The van der Waals surface area contributed by atoms with Crippen LogP contribution < -0.4 is 5.32 Å². The molecule has 0 bridgehead atoms. The van der Waals surface area contributed by atoms with Gasteiger partial charge in [0.15, 0.2) is 0 Å². The van der Waals surface area contributed by atoms with E-state index in [0.29, 0.717) is 0 Å². The smallest absolute Gasteiger partial charge is 0.0947 e. The number of rotatable bonds is 5. The van der Waals surface area contributed by atoms with Crippen LogP contribution in [0.25, 0.3) is 0 Å². The number of hydrogen-bond donors (Lipinski definition) is 1. The molecule has 1 aliphatic rings. The molecule has 108 valence electrons. The summed E-state index contributed by atoms with van der Waals surface area (Å²) in [6.07, 6.45) is 3.50. The Labute approximate surface area is 116 Å². The van der Waals surface area contributed by atoms with Crippen molar-refractivity contribution in [1.82, 2.24) is 10.2 Å². The summed E-state index contributed by atoms with van der Waals surface area (Å²) in [5.74, 6) is 0. The molecule has 4 nitrogen and oxygen atoms in total. The Bertz CT molecular complexity index is 369. The summed E-state index contributed by atoms with van der Waals surface area (Å²) in [5.41, 5.74) is 1.07.